The number of hydrogen-bond donors (Lipinski definition) is 2. The van der Waals surface area contributed by atoms with Crippen molar-refractivity contribution in [3.8, 4) is 23.0 Å². The number of carbonyl (C=O) groups excluding carboxylic acids is 1. The molecular formula is C19H20N2O7S. The maximum Gasteiger partial charge on any atom is 0.240 e. The maximum atomic E-state index is 12.4. The molecule has 10 heteroatoms. The van der Waals surface area contributed by atoms with Gasteiger partial charge in [0.05, 0.1) is 4.90 Å². The molecule has 2 aliphatic heterocycles. The third-order valence-electron chi connectivity index (χ3n) is 4.39. The van der Waals surface area contributed by atoms with Gasteiger partial charge < -0.3 is 24.3 Å². The van der Waals surface area contributed by atoms with Crippen molar-refractivity contribution in [3.05, 3.63) is 42.0 Å². The molecule has 9 nitrogen and oxygen atoms in total. The number of hydrogen-bond acceptors (Lipinski definition) is 7. The van der Waals surface area contributed by atoms with Crippen LogP contribution in [0.3, 0.4) is 0 Å². The summed E-state index contributed by atoms with van der Waals surface area (Å²) in [5.41, 5.74) is 0.861. The molecule has 2 aliphatic rings. The SMILES string of the molecule is O=C(CCNS(=O)(=O)c1ccc2c(c1)OCCO2)NCc1ccc2c(c1)OCO2. The lowest BCUT2D eigenvalue weighted by Crippen LogP contribution is -2.30. The monoisotopic (exact) mass is 420 g/mol. The molecule has 0 radical (unpaired) electrons. The number of benzene rings is 2. The van der Waals surface area contributed by atoms with E-state index in [9.17, 15) is 13.2 Å². The third-order valence-corrected chi connectivity index (χ3v) is 5.85. The Kier molecular flexibility index (Phi) is 5.45. The van der Waals surface area contributed by atoms with Crippen molar-refractivity contribution in [2.24, 2.45) is 0 Å². The van der Waals surface area contributed by atoms with Crippen LogP contribution in [0.25, 0.3) is 0 Å². The van der Waals surface area contributed by atoms with Gasteiger partial charge in [-0.1, -0.05) is 6.07 Å². The molecule has 0 fully saturated rings. The normalized spacial score (nSPS) is 14.5. The van der Waals surface area contributed by atoms with E-state index in [0.717, 1.165) is 5.56 Å². The second-order valence-electron chi connectivity index (χ2n) is 6.42. The first-order valence-electron chi connectivity index (χ1n) is 9.06. The molecule has 0 unspecified atom stereocenters. The molecule has 0 saturated carbocycles. The summed E-state index contributed by atoms with van der Waals surface area (Å²) in [4.78, 5) is 12.1. The van der Waals surface area contributed by atoms with Gasteiger partial charge >= 0.3 is 0 Å². The Morgan fingerprint density at radius 2 is 1.59 bits per heavy atom. The summed E-state index contributed by atoms with van der Waals surface area (Å²) in [6.45, 7) is 1.27. The second-order valence-corrected chi connectivity index (χ2v) is 8.18. The van der Waals surface area contributed by atoms with Gasteiger partial charge in [0.15, 0.2) is 23.0 Å². The first-order valence-corrected chi connectivity index (χ1v) is 10.5. The molecule has 2 aromatic carbocycles. The zero-order chi connectivity index (χ0) is 20.3. The van der Waals surface area contributed by atoms with Gasteiger partial charge in [0.1, 0.15) is 13.2 Å². The van der Waals surface area contributed by atoms with E-state index in [1.165, 1.54) is 12.1 Å². The van der Waals surface area contributed by atoms with Crippen molar-refractivity contribution < 1.29 is 32.2 Å². The number of fused-ring (bicyclic) bond motifs is 2. The van der Waals surface area contributed by atoms with E-state index >= 15 is 0 Å². The Labute approximate surface area is 168 Å². The predicted molar refractivity (Wildman–Crippen MR) is 102 cm³/mol. The Hall–Kier alpha value is -2.98. The van der Waals surface area contributed by atoms with Crippen LogP contribution in [0, 0.1) is 0 Å². The van der Waals surface area contributed by atoms with E-state index in [2.05, 4.69) is 10.0 Å². The van der Waals surface area contributed by atoms with E-state index in [-0.39, 0.29) is 30.6 Å². The molecule has 0 aliphatic carbocycles. The van der Waals surface area contributed by atoms with Crippen LogP contribution in [-0.2, 0) is 21.4 Å². The van der Waals surface area contributed by atoms with Crippen LogP contribution in [-0.4, -0.2) is 40.9 Å². The molecular weight excluding hydrogens is 400 g/mol. The van der Waals surface area contributed by atoms with Crippen LogP contribution in [0.2, 0.25) is 0 Å². The van der Waals surface area contributed by atoms with Crippen molar-refractivity contribution in [2.75, 3.05) is 26.6 Å². The molecule has 0 bridgehead atoms. The van der Waals surface area contributed by atoms with Gasteiger partial charge in [0, 0.05) is 25.6 Å². The molecule has 1 amide bonds. The summed E-state index contributed by atoms with van der Waals surface area (Å²) in [7, 11) is -3.76. The highest BCUT2D eigenvalue weighted by molar-refractivity contribution is 7.89. The zero-order valence-corrected chi connectivity index (χ0v) is 16.3. The fourth-order valence-electron chi connectivity index (χ4n) is 2.91. The van der Waals surface area contributed by atoms with Crippen molar-refractivity contribution in [1.82, 2.24) is 10.0 Å². The molecule has 4 rings (SSSR count). The Morgan fingerprint density at radius 3 is 2.45 bits per heavy atom. The predicted octanol–water partition coefficient (Wildman–Crippen LogP) is 1.17. The smallest absolute Gasteiger partial charge is 0.240 e. The second kappa shape index (κ2) is 8.18. The molecule has 2 heterocycles. The number of ether oxygens (including phenoxy) is 4. The lowest BCUT2D eigenvalue weighted by Gasteiger charge is -2.18. The molecule has 154 valence electrons. The van der Waals surface area contributed by atoms with Crippen LogP contribution in [0.1, 0.15) is 12.0 Å². The van der Waals surface area contributed by atoms with Crippen molar-refractivity contribution >= 4 is 15.9 Å². The summed E-state index contributed by atoms with van der Waals surface area (Å²) < 4.78 is 48.6. The van der Waals surface area contributed by atoms with Crippen LogP contribution in [0.15, 0.2) is 41.3 Å². The van der Waals surface area contributed by atoms with Crippen LogP contribution in [0.5, 0.6) is 23.0 Å². The highest BCUT2D eigenvalue weighted by Crippen LogP contribution is 2.33. The van der Waals surface area contributed by atoms with Crippen molar-refractivity contribution in [3.63, 3.8) is 0 Å². The minimum absolute atomic E-state index is 0.00827. The van der Waals surface area contributed by atoms with E-state index in [4.69, 9.17) is 18.9 Å². The van der Waals surface area contributed by atoms with E-state index < -0.39 is 10.0 Å². The molecule has 2 N–H and O–H groups in total. The average Bonchev–Trinajstić information content (AvgIpc) is 3.19. The topological polar surface area (TPSA) is 112 Å². The Morgan fingerprint density at radius 1 is 0.897 bits per heavy atom. The summed E-state index contributed by atoms with van der Waals surface area (Å²) in [5, 5.41) is 2.75. The number of carbonyl (C=O) groups is 1. The lowest BCUT2D eigenvalue weighted by molar-refractivity contribution is -0.121. The quantitative estimate of drug-likeness (QED) is 0.692. The number of rotatable bonds is 7. The molecule has 2 aromatic rings. The minimum Gasteiger partial charge on any atom is -0.486 e. The molecule has 0 spiro atoms. The van der Waals surface area contributed by atoms with Crippen LogP contribution >= 0.6 is 0 Å². The van der Waals surface area contributed by atoms with Crippen molar-refractivity contribution in [1.29, 1.82) is 0 Å². The Balaban J connectivity index is 1.26. The summed E-state index contributed by atoms with van der Waals surface area (Å²) in [5.74, 6) is 1.95. The number of amides is 1. The summed E-state index contributed by atoms with van der Waals surface area (Å²) in [6, 6.07) is 9.82. The van der Waals surface area contributed by atoms with Gasteiger partial charge in [0.25, 0.3) is 0 Å². The third kappa shape index (κ3) is 4.54. The van der Waals surface area contributed by atoms with Crippen LogP contribution in [0.4, 0.5) is 0 Å². The van der Waals surface area contributed by atoms with Gasteiger partial charge in [-0.2, -0.15) is 0 Å². The van der Waals surface area contributed by atoms with Crippen LogP contribution < -0.4 is 29.0 Å². The molecule has 0 atom stereocenters. The molecule has 0 aromatic heterocycles. The van der Waals surface area contributed by atoms with Gasteiger partial charge in [0.2, 0.25) is 22.7 Å². The largest absolute Gasteiger partial charge is 0.486 e. The van der Waals surface area contributed by atoms with Gasteiger partial charge in [-0.15, -0.1) is 0 Å². The van der Waals surface area contributed by atoms with Gasteiger partial charge in [-0.25, -0.2) is 13.1 Å². The first kappa shape index (κ1) is 19.3. The average molecular weight is 420 g/mol. The lowest BCUT2D eigenvalue weighted by atomic mass is 10.2. The number of nitrogens with one attached hydrogen (secondary N) is 2. The van der Waals surface area contributed by atoms with Gasteiger partial charge in [-0.05, 0) is 29.8 Å². The standard InChI is InChI=1S/C19H20N2O7S/c22-19(20-11-13-1-3-16-17(9-13)28-12-27-16)5-6-21-29(23,24)14-2-4-15-18(10-14)26-8-7-25-15/h1-4,9-10,21H,5-8,11-12H2,(H,20,22). The maximum absolute atomic E-state index is 12.4. The van der Waals surface area contributed by atoms with Crippen molar-refractivity contribution in [2.45, 2.75) is 17.9 Å². The van der Waals surface area contributed by atoms with Gasteiger partial charge in [-0.3, -0.25) is 4.79 Å². The van der Waals surface area contributed by atoms with E-state index in [1.54, 1.807) is 18.2 Å². The van der Waals surface area contributed by atoms with E-state index in [1.807, 2.05) is 6.07 Å². The zero-order valence-electron chi connectivity index (χ0n) is 15.5. The molecule has 29 heavy (non-hydrogen) atoms. The fourth-order valence-corrected chi connectivity index (χ4v) is 3.96. The summed E-state index contributed by atoms with van der Waals surface area (Å²) >= 11 is 0. The first-order chi connectivity index (χ1) is 14.0. The van der Waals surface area contributed by atoms with E-state index in [0.29, 0.717) is 42.8 Å². The Bertz CT molecular complexity index is 1020. The number of sulfonamides is 1. The molecule has 0 saturated heterocycles. The summed E-state index contributed by atoms with van der Waals surface area (Å²) in [6.07, 6.45) is 0.00827. The minimum atomic E-state index is -3.76. The highest BCUT2D eigenvalue weighted by atomic mass is 32.2. The highest BCUT2D eigenvalue weighted by Gasteiger charge is 2.19. The fraction of sp³-hybridized carbons (Fsp3) is 0.316.